The van der Waals surface area contributed by atoms with Crippen LogP contribution in [0.2, 0.25) is 0 Å². The van der Waals surface area contributed by atoms with E-state index in [2.05, 4.69) is 30.5 Å². The number of nitrogens with zero attached hydrogens (tertiary/aromatic N) is 4. The number of carbonyl (C=O) groups is 1. The fourth-order valence-corrected chi connectivity index (χ4v) is 4.06. The molecule has 0 radical (unpaired) electrons. The number of anilines is 1. The zero-order valence-corrected chi connectivity index (χ0v) is 22.8. The number of carbonyl (C=O) groups excluding carboxylic acids is 1. The molecule has 0 saturated carbocycles. The van der Waals surface area contributed by atoms with Crippen LogP contribution in [-0.2, 0) is 19.0 Å². The number of aromatic amines is 1. The van der Waals surface area contributed by atoms with Gasteiger partial charge in [-0.25, -0.2) is 19.3 Å². The summed E-state index contributed by atoms with van der Waals surface area (Å²) in [6, 6.07) is 7.85. The molecular weight excluding hydrogens is 505 g/mol. The molecule has 210 valence electrons. The molecule has 0 unspecified atom stereocenters. The lowest BCUT2D eigenvalue weighted by molar-refractivity contribution is -0.231. The Labute approximate surface area is 227 Å². The van der Waals surface area contributed by atoms with Gasteiger partial charge in [0.2, 0.25) is 18.1 Å². The molecular formula is C27H36FN7O4. The summed E-state index contributed by atoms with van der Waals surface area (Å²) in [7, 11) is 5.64. The number of halogens is 1. The molecule has 1 aliphatic heterocycles. The second-order valence-electron chi connectivity index (χ2n) is 9.96. The molecule has 1 amide bonds. The molecule has 1 saturated heterocycles. The first kappa shape index (κ1) is 28.6. The van der Waals surface area contributed by atoms with Crippen LogP contribution in [0.5, 0.6) is 0 Å². The van der Waals surface area contributed by atoms with E-state index in [-0.39, 0.29) is 24.9 Å². The van der Waals surface area contributed by atoms with Crippen LogP contribution in [0.4, 0.5) is 10.3 Å². The number of methoxy groups -OCH3 is 1. The third-order valence-corrected chi connectivity index (χ3v) is 6.29. The molecule has 0 atom stereocenters. The number of ether oxygens (including phenoxy) is 3. The van der Waals surface area contributed by atoms with Gasteiger partial charge in [0, 0.05) is 32.0 Å². The predicted octanol–water partition coefficient (Wildman–Crippen LogP) is 2.85. The van der Waals surface area contributed by atoms with Crippen LogP contribution < -0.4 is 10.6 Å². The van der Waals surface area contributed by atoms with E-state index in [1.165, 1.54) is 12.1 Å². The van der Waals surface area contributed by atoms with Gasteiger partial charge in [-0.3, -0.25) is 4.79 Å². The lowest BCUT2D eigenvalue weighted by Gasteiger charge is -2.35. The predicted molar refractivity (Wildman–Crippen MR) is 144 cm³/mol. The van der Waals surface area contributed by atoms with E-state index < -0.39 is 11.7 Å². The minimum absolute atomic E-state index is 0.146. The molecule has 2 aromatic heterocycles. The Morgan fingerprint density at radius 1 is 1.18 bits per heavy atom. The normalized spacial score (nSPS) is 19.3. The van der Waals surface area contributed by atoms with E-state index in [4.69, 9.17) is 19.2 Å². The minimum Gasteiger partial charge on any atom is -0.383 e. The molecule has 0 aliphatic carbocycles. The van der Waals surface area contributed by atoms with Gasteiger partial charge in [0.15, 0.2) is 5.82 Å². The van der Waals surface area contributed by atoms with Gasteiger partial charge in [0.25, 0.3) is 0 Å². The van der Waals surface area contributed by atoms with Crippen LogP contribution in [0.15, 0.2) is 36.5 Å². The van der Waals surface area contributed by atoms with Gasteiger partial charge >= 0.3 is 0 Å². The molecule has 12 heteroatoms. The maximum atomic E-state index is 13.7. The van der Waals surface area contributed by atoms with E-state index >= 15 is 0 Å². The van der Waals surface area contributed by atoms with Gasteiger partial charge < -0.3 is 34.7 Å². The highest BCUT2D eigenvalue weighted by molar-refractivity contribution is 5.82. The molecule has 0 spiro atoms. The number of imidazole rings is 1. The third-order valence-electron chi connectivity index (χ3n) is 6.29. The van der Waals surface area contributed by atoms with Gasteiger partial charge in [-0.05, 0) is 64.3 Å². The summed E-state index contributed by atoms with van der Waals surface area (Å²) in [6.07, 6.45) is 1.80. The number of H-pyrrole nitrogens is 1. The Bertz CT molecular complexity index is 1230. The van der Waals surface area contributed by atoms with Gasteiger partial charge in [0.1, 0.15) is 5.82 Å². The number of benzene rings is 1. The molecule has 0 bridgehead atoms. The Morgan fingerprint density at radius 3 is 2.62 bits per heavy atom. The highest BCUT2D eigenvalue weighted by Crippen LogP contribution is 2.35. The zero-order chi connectivity index (χ0) is 27.8. The van der Waals surface area contributed by atoms with E-state index in [0.717, 1.165) is 19.5 Å². The Kier molecular flexibility index (Phi) is 9.57. The summed E-state index contributed by atoms with van der Waals surface area (Å²) in [6.45, 7) is 4.58. The fraction of sp³-hybridized carbons (Fsp3) is 0.481. The van der Waals surface area contributed by atoms with Crippen molar-refractivity contribution >= 4 is 11.9 Å². The molecule has 3 N–H and O–H groups in total. The maximum absolute atomic E-state index is 13.7. The van der Waals surface area contributed by atoms with E-state index in [1.54, 1.807) is 38.4 Å². The first-order valence-electron chi connectivity index (χ1n) is 12.9. The van der Waals surface area contributed by atoms with Crippen LogP contribution >= 0.6 is 0 Å². The first-order valence-corrected chi connectivity index (χ1v) is 12.9. The quantitative estimate of drug-likeness (QED) is 0.297. The van der Waals surface area contributed by atoms with E-state index in [0.29, 0.717) is 47.6 Å². The molecule has 1 fully saturated rings. The highest BCUT2D eigenvalue weighted by atomic mass is 19.1. The summed E-state index contributed by atoms with van der Waals surface area (Å²) in [5.74, 6) is 0.402. The molecule has 1 aliphatic rings. The summed E-state index contributed by atoms with van der Waals surface area (Å²) >= 11 is 0. The summed E-state index contributed by atoms with van der Waals surface area (Å²) < 4.78 is 30.6. The average molecular weight is 542 g/mol. The molecule has 3 heterocycles. The van der Waals surface area contributed by atoms with Crippen LogP contribution in [0.1, 0.15) is 25.5 Å². The third kappa shape index (κ3) is 7.35. The minimum atomic E-state index is -0.848. The average Bonchev–Trinajstić information content (AvgIpc) is 3.37. The number of hydrogen-bond donors (Lipinski definition) is 3. The van der Waals surface area contributed by atoms with Crippen molar-refractivity contribution in [3.8, 4) is 22.6 Å². The standard InChI is InChI=1S/C27H36FN7O4/c1-27(25(36)29-13-15-37-4)16-38-24(39-17-27)23-33-21(18-6-8-19(28)9-7-18)22(34-23)20-10-12-31-26(32-20)30-11-5-14-35(2)3/h6-10,12,24H,5,11,13-17H2,1-4H3,(H,29,36)(H,33,34)(H,30,31,32). The topological polar surface area (TPSA) is 127 Å². The second-order valence-corrected chi connectivity index (χ2v) is 9.96. The lowest BCUT2D eigenvalue weighted by atomic mass is 9.91. The van der Waals surface area contributed by atoms with Crippen LogP contribution in [0.3, 0.4) is 0 Å². The number of hydrogen-bond acceptors (Lipinski definition) is 9. The number of aromatic nitrogens is 4. The Balaban J connectivity index is 1.55. The second kappa shape index (κ2) is 13.1. The van der Waals surface area contributed by atoms with Crippen LogP contribution in [0.25, 0.3) is 22.6 Å². The van der Waals surface area contributed by atoms with Crippen molar-refractivity contribution in [2.24, 2.45) is 5.41 Å². The summed E-state index contributed by atoms with van der Waals surface area (Å²) in [5.41, 5.74) is 1.65. The first-order chi connectivity index (χ1) is 18.8. The fourth-order valence-electron chi connectivity index (χ4n) is 4.06. The Hall–Kier alpha value is -3.45. The van der Waals surface area contributed by atoms with Gasteiger partial charge in [-0.1, -0.05) is 0 Å². The van der Waals surface area contributed by atoms with Crippen molar-refractivity contribution in [2.45, 2.75) is 19.6 Å². The molecule has 4 rings (SSSR count). The number of nitrogens with one attached hydrogen (secondary N) is 3. The van der Waals surface area contributed by atoms with Gasteiger partial charge in [-0.15, -0.1) is 0 Å². The highest BCUT2D eigenvalue weighted by Gasteiger charge is 2.40. The van der Waals surface area contributed by atoms with Crippen molar-refractivity contribution in [1.29, 1.82) is 0 Å². The maximum Gasteiger partial charge on any atom is 0.230 e. The monoisotopic (exact) mass is 541 g/mol. The zero-order valence-electron chi connectivity index (χ0n) is 22.8. The summed E-state index contributed by atoms with van der Waals surface area (Å²) in [5, 5.41) is 6.09. The largest absolute Gasteiger partial charge is 0.383 e. The van der Waals surface area contributed by atoms with E-state index in [9.17, 15) is 9.18 Å². The number of rotatable bonds is 12. The van der Waals surface area contributed by atoms with E-state index in [1.807, 2.05) is 14.1 Å². The van der Waals surface area contributed by atoms with Crippen molar-refractivity contribution in [3.05, 3.63) is 48.2 Å². The molecule has 1 aromatic carbocycles. The van der Waals surface area contributed by atoms with Crippen molar-refractivity contribution in [1.82, 2.24) is 30.2 Å². The molecule has 39 heavy (non-hydrogen) atoms. The molecule has 11 nitrogen and oxygen atoms in total. The summed E-state index contributed by atoms with van der Waals surface area (Å²) in [4.78, 5) is 31.8. The smallest absolute Gasteiger partial charge is 0.230 e. The molecule has 3 aromatic rings. The van der Waals surface area contributed by atoms with Crippen molar-refractivity contribution in [3.63, 3.8) is 0 Å². The lowest BCUT2D eigenvalue weighted by Crippen LogP contribution is -2.49. The van der Waals surface area contributed by atoms with Crippen LogP contribution in [-0.4, -0.2) is 91.4 Å². The van der Waals surface area contributed by atoms with Gasteiger partial charge in [-0.2, -0.15) is 0 Å². The SMILES string of the molecule is COCCNC(=O)C1(C)COC(c2nc(-c3ccc(F)cc3)c(-c3ccnc(NCCCN(C)C)n3)[nH]2)OC1. The number of amides is 1. The Morgan fingerprint density at radius 2 is 1.92 bits per heavy atom. The van der Waals surface area contributed by atoms with Crippen LogP contribution in [0, 0.1) is 11.2 Å². The van der Waals surface area contributed by atoms with Gasteiger partial charge in [0.05, 0.1) is 42.3 Å². The van der Waals surface area contributed by atoms with Crippen molar-refractivity contribution in [2.75, 3.05) is 66.0 Å². The van der Waals surface area contributed by atoms with Crippen molar-refractivity contribution < 1.29 is 23.4 Å².